The van der Waals surface area contributed by atoms with Gasteiger partial charge in [0.2, 0.25) is 0 Å². The van der Waals surface area contributed by atoms with Gasteiger partial charge < -0.3 is 5.32 Å². The molecule has 2 aromatic rings. The summed E-state index contributed by atoms with van der Waals surface area (Å²) in [7, 11) is 0. The molecule has 0 saturated heterocycles. The molecule has 5 heteroatoms. The molecular formula is C14H11Br2F2N. The summed E-state index contributed by atoms with van der Waals surface area (Å²) in [6.07, 6.45) is 0. The lowest BCUT2D eigenvalue weighted by Crippen LogP contribution is -2.07. The predicted octanol–water partition coefficient (Wildman–Crippen LogP) is 5.66. The molecule has 2 rings (SSSR count). The van der Waals surface area contributed by atoms with Crippen molar-refractivity contribution in [2.24, 2.45) is 0 Å². The van der Waals surface area contributed by atoms with E-state index in [1.54, 1.807) is 6.07 Å². The number of rotatable bonds is 3. The zero-order valence-corrected chi connectivity index (χ0v) is 13.2. The maximum atomic E-state index is 13.2. The number of nitrogens with one attached hydrogen (secondary N) is 1. The van der Waals surface area contributed by atoms with Crippen LogP contribution in [0.25, 0.3) is 0 Å². The zero-order valence-electron chi connectivity index (χ0n) is 10.1. The number of anilines is 1. The third kappa shape index (κ3) is 3.54. The van der Waals surface area contributed by atoms with Gasteiger partial charge in [-0.05, 0) is 58.7 Å². The van der Waals surface area contributed by atoms with Crippen LogP contribution in [0.5, 0.6) is 0 Å². The molecule has 0 bridgehead atoms. The smallest absolute Gasteiger partial charge is 0.159 e. The molecule has 0 spiro atoms. The van der Waals surface area contributed by atoms with Crippen LogP contribution in [0.15, 0.2) is 45.3 Å². The minimum absolute atomic E-state index is 0.132. The van der Waals surface area contributed by atoms with E-state index in [9.17, 15) is 8.78 Å². The van der Waals surface area contributed by atoms with Crippen LogP contribution in [-0.4, -0.2) is 0 Å². The lowest BCUT2D eigenvalue weighted by Gasteiger charge is -2.17. The Balaban J connectivity index is 2.20. The zero-order chi connectivity index (χ0) is 14.0. The highest BCUT2D eigenvalue weighted by molar-refractivity contribution is 9.11. The van der Waals surface area contributed by atoms with Crippen molar-refractivity contribution in [1.82, 2.24) is 0 Å². The van der Waals surface area contributed by atoms with E-state index in [0.29, 0.717) is 5.56 Å². The van der Waals surface area contributed by atoms with Gasteiger partial charge in [0, 0.05) is 20.7 Å². The molecule has 1 unspecified atom stereocenters. The monoisotopic (exact) mass is 389 g/mol. The topological polar surface area (TPSA) is 12.0 Å². The Kier molecular flexibility index (Phi) is 4.58. The van der Waals surface area contributed by atoms with E-state index in [-0.39, 0.29) is 6.04 Å². The Morgan fingerprint density at radius 1 is 1.00 bits per heavy atom. The molecule has 0 amide bonds. The van der Waals surface area contributed by atoms with Crippen molar-refractivity contribution in [3.8, 4) is 0 Å². The highest BCUT2D eigenvalue weighted by Crippen LogP contribution is 2.29. The third-order valence-electron chi connectivity index (χ3n) is 2.75. The van der Waals surface area contributed by atoms with Gasteiger partial charge in [0.25, 0.3) is 0 Å². The predicted molar refractivity (Wildman–Crippen MR) is 80.2 cm³/mol. The summed E-state index contributed by atoms with van der Waals surface area (Å²) in [6.45, 7) is 1.89. The standard InChI is InChI=1S/C14H11Br2F2N/c1-8(9-2-4-12(17)13(18)6-9)19-14-5-3-10(15)7-11(14)16/h2-8,19H,1H3. The van der Waals surface area contributed by atoms with Gasteiger partial charge in [-0.25, -0.2) is 8.78 Å². The highest BCUT2D eigenvalue weighted by Gasteiger charge is 2.10. The van der Waals surface area contributed by atoms with E-state index in [1.165, 1.54) is 6.07 Å². The van der Waals surface area contributed by atoms with Gasteiger partial charge in [-0.1, -0.05) is 22.0 Å². The summed E-state index contributed by atoms with van der Waals surface area (Å²) in [4.78, 5) is 0. The van der Waals surface area contributed by atoms with Gasteiger partial charge in [0.05, 0.1) is 0 Å². The second-order valence-corrected chi connectivity index (χ2v) is 5.93. The number of halogens is 4. The molecule has 0 aliphatic heterocycles. The van der Waals surface area contributed by atoms with Crippen molar-refractivity contribution in [1.29, 1.82) is 0 Å². The van der Waals surface area contributed by atoms with Crippen LogP contribution >= 0.6 is 31.9 Å². The summed E-state index contributed by atoms with van der Waals surface area (Å²) in [5.74, 6) is -1.67. The summed E-state index contributed by atoms with van der Waals surface area (Å²) in [5.41, 5.74) is 1.58. The fraction of sp³-hybridized carbons (Fsp3) is 0.143. The van der Waals surface area contributed by atoms with E-state index in [2.05, 4.69) is 37.2 Å². The van der Waals surface area contributed by atoms with Crippen LogP contribution in [-0.2, 0) is 0 Å². The summed E-state index contributed by atoms with van der Waals surface area (Å²) in [6, 6.07) is 9.52. The molecule has 19 heavy (non-hydrogen) atoms. The molecule has 1 N–H and O–H groups in total. The lowest BCUT2D eigenvalue weighted by atomic mass is 10.1. The molecule has 1 atom stereocenters. The normalized spacial score (nSPS) is 12.3. The Labute approximate surface area is 127 Å². The van der Waals surface area contributed by atoms with Gasteiger partial charge in [0.15, 0.2) is 11.6 Å². The summed E-state index contributed by atoms with van der Waals surface area (Å²) >= 11 is 6.82. The molecule has 0 aliphatic carbocycles. The van der Waals surface area contributed by atoms with Crippen LogP contribution in [0, 0.1) is 11.6 Å². The summed E-state index contributed by atoms with van der Waals surface area (Å²) in [5, 5.41) is 3.24. The Morgan fingerprint density at radius 3 is 2.37 bits per heavy atom. The first-order valence-corrected chi connectivity index (χ1v) is 7.22. The minimum atomic E-state index is -0.833. The van der Waals surface area contributed by atoms with Gasteiger partial charge in [0.1, 0.15) is 0 Å². The number of hydrogen-bond donors (Lipinski definition) is 1. The minimum Gasteiger partial charge on any atom is -0.378 e. The average molecular weight is 391 g/mol. The van der Waals surface area contributed by atoms with E-state index in [0.717, 1.165) is 20.7 Å². The molecule has 0 heterocycles. The molecule has 100 valence electrons. The molecule has 0 aromatic heterocycles. The van der Waals surface area contributed by atoms with Gasteiger partial charge in [-0.2, -0.15) is 0 Å². The highest BCUT2D eigenvalue weighted by atomic mass is 79.9. The van der Waals surface area contributed by atoms with Crippen LogP contribution in [0.2, 0.25) is 0 Å². The van der Waals surface area contributed by atoms with E-state index in [4.69, 9.17) is 0 Å². The first kappa shape index (κ1) is 14.5. The second kappa shape index (κ2) is 6.01. The first-order chi connectivity index (χ1) is 8.97. The fourth-order valence-electron chi connectivity index (χ4n) is 1.70. The lowest BCUT2D eigenvalue weighted by molar-refractivity contribution is 0.506. The SMILES string of the molecule is CC(Nc1ccc(Br)cc1Br)c1ccc(F)c(F)c1. The van der Waals surface area contributed by atoms with Crippen molar-refractivity contribution in [3.05, 3.63) is 62.5 Å². The molecule has 1 nitrogen and oxygen atoms in total. The number of benzene rings is 2. The van der Waals surface area contributed by atoms with E-state index < -0.39 is 11.6 Å². The van der Waals surface area contributed by atoms with E-state index >= 15 is 0 Å². The van der Waals surface area contributed by atoms with Crippen LogP contribution in [0.3, 0.4) is 0 Å². The maximum Gasteiger partial charge on any atom is 0.159 e. The molecule has 2 aromatic carbocycles. The third-order valence-corrected chi connectivity index (χ3v) is 3.90. The molecule has 0 radical (unpaired) electrons. The van der Waals surface area contributed by atoms with E-state index in [1.807, 2.05) is 25.1 Å². The maximum absolute atomic E-state index is 13.2. The van der Waals surface area contributed by atoms with Crippen molar-refractivity contribution in [2.45, 2.75) is 13.0 Å². The Bertz CT molecular complexity index is 602. The van der Waals surface area contributed by atoms with Gasteiger partial charge in [-0.3, -0.25) is 0 Å². The molecular weight excluding hydrogens is 380 g/mol. The van der Waals surface area contributed by atoms with Crippen molar-refractivity contribution >= 4 is 37.5 Å². The fourth-order valence-corrected chi connectivity index (χ4v) is 2.87. The largest absolute Gasteiger partial charge is 0.378 e. The molecule has 0 fully saturated rings. The molecule has 0 aliphatic rings. The van der Waals surface area contributed by atoms with Crippen molar-refractivity contribution in [2.75, 3.05) is 5.32 Å². The van der Waals surface area contributed by atoms with Crippen LogP contribution in [0.1, 0.15) is 18.5 Å². The van der Waals surface area contributed by atoms with Crippen LogP contribution in [0.4, 0.5) is 14.5 Å². The quantitative estimate of drug-likeness (QED) is 0.712. The van der Waals surface area contributed by atoms with Crippen molar-refractivity contribution in [3.63, 3.8) is 0 Å². The van der Waals surface area contributed by atoms with Crippen LogP contribution < -0.4 is 5.32 Å². The van der Waals surface area contributed by atoms with Gasteiger partial charge in [-0.15, -0.1) is 0 Å². The first-order valence-electron chi connectivity index (χ1n) is 5.64. The second-order valence-electron chi connectivity index (χ2n) is 4.16. The Morgan fingerprint density at radius 2 is 1.74 bits per heavy atom. The Hall–Kier alpha value is -0.940. The molecule has 0 saturated carbocycles. The average Bonchev–Trinajstić information content (AvgIpc) is 2.36. The number of hydrogen-bond acceptors (Lipinski definition) is 1. The van der Waals surface area contributed by atoms with Gasteiger partial charge >= 0.3 is 0 Å². The van der Waals surface area contributed by atoms with Crippen molar-refractivity contribution < 1.29 is 8.78 Å². The summed E-state index contributed by atoms with van der Waals surface area (Å²) < 4.78 is 27.9.